The number of furan rings is 2. The fourth-order valence-corrected chi connectivity index (χ4v) is 6.38. The summed E-state index contributed by atoms with van der Waals surface area (Å²) in [5.74, 6) is 1.14. The topological polar surface area (TPSA) is 65.0 Å². The molecule has 0 aliphatic carbocycles. The molecule has 5 heteroatoms. The molecule has 0 unspecified atom stereocenters. The van der Waals surface area contributed by atoms with Crippen molar-refractivity contribution < 1.29 is 18.4 Å². The summed E-state index contributed by atoms with van der Waals surface area (Å²) >= 11 is 0. The highest BCUT2D eigenvalue weighted by Gasteiger charge is 2.18. The molecule has 0 spiro atoms. The third-order valence-electron chi connectivity index (χ3n) is 8.83. The van der Waals surface area contributed by atoms with Gasteiger partial charge in [0.15, 0.2) is 17.5 Å². The summed E-state index contributed by atoms with van der Waals surface area (Å²) in [6, 6.07) is 36.2. The fraction of sp³-hybridized carbons (Fsp3) is 0. The normalized spacial score (nSPS) is 13.6. The Kier molecular flexibility index (Phi) is 4.99. The van der Waals surface area contributed by atoms with Crippen LogP contribution in [-0.2, 0) is 0 Å². The first kappa shape index (κ1) is 21.9. The van der Waals surface area contributed by atoms with Gasteiger partial charge < -0.3 is 8.83 Å². The average Bonchev–Trinajstić information content (AvgIpc) is 3.85. The van der Waals surface area contributed by atoms with Crippen LogP contribution in [0, 0.1) is 0 Å². The van der Waals surface area contributed by atoms with Gasteiger partial charge in [-0.15, -0.1) is 0 Å². The van der Waals surface area contributed by atoms with Crippen LogP contribution >= 0.6 is 0 Å². The molecule has 0 saturated heterocycles. The van der Waals surface area contributed by atoms with E-state index in [1.165, 1.54) is 0 Å². The summed E-state index contributed by atoms with van der Waals surface area (Å²) in [5.41, 5.74) is 5.76. The van der Waals surface area contributed by atoms with Crippen molar-refractivity contribution in [2.45, 2.75) is 0 Å². The van der Waals surface area contributed by atoms with Gasteiger partial charge in [-0.2, -0.15) is 0 Å². The Hall–Kier alpha value is -6.85. The molecule has 50 heavy (non-hydrogen) atoms. The molecular formula is C45H27N3O2. The smallest absolute Gasteiger partial charge is 0.167 e. The lowest BCUT2D eigenvalue weighted by Crippen LogP contribution is -2.00. The largest absolute Gasteiger partial charge is 0.456 e. The highest BCUT2D eigenvalue weighted by atomic mass is 16.3. The minimum absolute atomic E-state index is 0.00305. The van der Waals surface area contributed by atoms with Crippen LogP contribution in [0.25, 0.3) is 100 Å². The van der Waals surface area contributed by atoms with Gasteiger partial charge in [0.2, 0.25) is 0 Å². The number of para-hydroxylation sites is 3. The summed E-state index contributed by atoms with van der Waals surface area (Å²) in [4.78, 5) is 14.9. The first-order chi connectivity index (χ1) is 27.7. The van der Waals surface area contributed by atoms with E-state index in [0.717, 1.165) is 33.0 Å². The van der Waals surface area contributed by atoms with Crippen LogP contribution in [0.4, 0.5) is 0 Å². The fourth-order valence-electron chi connectivity index (χ4n) is 6.38. The number of nitrogens with zero attached hydrogens (tertiary/aromatic N) is 3. The van der Waals surface area contributed by atoms with E-state index in [9.17, 15) is 1.37 Å². The van der Waals surface area contributed by atoms with Crippen LogP contribution < -0.4 is 0 Å². The molecule has 0 fully saturated rings. The molecule has 0 radical (unpaired) electrons. The Morgan fingerprint density at radius 1 is 0.400 bits per heavy atom. The number of rotatable bonds is 5. The lowest BCUT2D eigenvalue weighted by Gasteiger charge is -2.10. The molecule has 0 atom stereocenters. The summed E-state index contributed by atoms with van der Waals surface area (Å²) in [5, 5.41) is 1.87. The predicted molar refractivity (Wildman–Crippen MR) is 202 cm³/mol. The number of hydrogen-bond donors (Lipinski definition) is 0. The predicted octanol–water partition coefficient (Wildman–Crippen LogP) is 12.0. The van der Waals surface area contributed by atoms with Gasteiger partial charge in [0, 0.05) is 32.7 Å². The molecule has 0 N–H and O–H groups in total. The molecule has 0 aliphatic rings. The lowest BCUT2D eigenvalue weighted by molar-refractivity contribution is 0.669. The minimum Gasteiger partial charge on any atom is -0.456 e. The van der Waals surface area contributed by atoms with Gasteiger partial charge >= 0.3 is 0 Å². The van der Waals surface area contributed by atoms with Crippen molar-refractivity contribution in [3.63, 3.8) is 0 Å². The van der Waals surface area contributed by atoms with E-state index >= 15 is 0 Å². The van der Waals surface area contributed by atoms with E-state index in [1.807, 2.05) is 91.0 Å². The van der Waals surface area contributed by atoms with Crippen molar-refractivity contribution >= 4 is 43.9 Å². The molecule has 0 aliphatic heterocycles. The molecule has 3 heterocycles. The van der Waals surface area contributed by atoms with Crippen LogP contribution in [0.5, 0.6) is 0 Å². The van der Waals surface area contributed by atoms with E-state index in [2.05, 4.69) is 12.1 Å². The maximum Gasteiger partial charge on any atom is 0.167 e. The highest BCUT2D eigenvalue weighted by Crippen LogP contribution is 2.37. The first-order valence-corrected chi connectivity index (χ1v) is 16.0. The van der Waals surface area contributed by atoms with Gasteiger partial charge in [-0.25, -0.2) is 15.0 Å². The summed E-state index contributed by atoms with van der Waals surface area (Å²) in [6.45, 7) is 0. The van der Waals surface area contributed by atoms with Crippen molar-refractivity contribution in [2.24, 2.45) is 0 Å². The molecule has 3 aromatic heterocycles. The van der Waals surface area contributed by atoms with Gasteiger partial charge in [0.25, 0.3) is 0 Å². The molecular weight excluding hydrogens is 615 g/mol. The van der Waals surface area contributed by atoms with Crippen molar-refractivity contribution in [1.82, 2.24) is 15.0 Å². The average molecular weight is 649 g/mol. The van der Waals surface area contributed by atoms with Gasteiger partial charge in [0.05, 0.1) is 15.2 Å². The minimum atomic E-state index is -0.483. The zero-order valence-electron chi connectivity index (χ0n) is 33.2. The van der Waals surface area contributed by atoms with Gasteiger partial charge in [-0.3, -0.25) is 0 Å². The van der Waals surface area contributed by atoms with Crippen LogP contribution in [-0.4, -0.2) is 15.0 Å². The molecule has 5 nitrogen and oxygen atoms in total. The van der Waals surface area contributed by atoms with Crippen LogP contribution in [0.15, 0.2) is 172 Å². The van der Waals surface area contributed by atoms with Crippen molar-refractivity contribution in [1.29, 1.82) is 0 Å². The number of hydrogen-bond acceptors (Lipinski definition) is 5. The van der Waals surface area contributed by atoms with Crippen LogP contribution in [0.1, 0.15) is 9.60 Å². The Labute approximate surface area is 297 Å². The number of aromatic nitrogens is 3. The van der Waals surface area contributed by atoms with E-state index in [-0.39, 0.29) is 51.7 Å². The molecule has 7 aromatic carbocycles. The molecule has 10 rings (SSSR count). The van der Waals surface area contributed by atoms with Crippen molar-refractivity contribution in [3.05, 3.63) is 164 Å². The van der Waals surface area contributed by atoms with E-state index in [4.69, 9.17) is 32.0 Å². The lowest BCUT2D eigenvalue weighted by atomic mass is 10.0. The third kappa shape index (κ3) is 4.75. The van der Waals surface area contributed by atoms with Gasteiger partial charge in [-0.05, 0) is 58.6 Å². The van der Waals surface area contributed by atoms with Crippen LogP contribution in [0.2, 0.25) is 0 Å². The zero-order valence-corrected chi connectivity index (χ0v) is 26.2. The molecule has 0 bridgehead atoms. The maximum atomic E-state index is 9.20. The second-order valence-electron chi connectivity index (χ2n) is 11.9. The monoisotopic (exact) mass is 648 g/mol. The quantitative estimate of drug-likeness (QED) is 0.186. The van der Waals surface area contributed by atoms with Crippen molar-refractivity contribution in [2.75, 3.05) is 0 Å². The Morgan fingerprint density at radius 2 is 1.06 bits per heavy atom. The van der Waals surface area contributed by atoms with Gasteiger partial charge in [0.1, 0.15) is 22.3 Å². The number of benzene rings is 7. The number of fused-ring (bicyclic) bond motifs is 6. The Morgan fingerprint density at radius 3 is 1.96 bits per heavy atom. The van der Waals surface area contributed by atoms with E-state index < -0.39 is 18.1 Å². The molecule has 10 aromatic rings. The zero-order chi connectivity index (χ0) is 39.1. The summed E-state index contributed by atoms with van der Waals surface area (Å²) in [7, 11) is 0. The molecule has 0 amide bonds. The first-order valence-electron chi connectivity index (χ1n) is 19.5. The summed E-state index contributed by atoms with van der Waals surface area (Å²) < 4.78 is 72.7. The molecule has 234 valence electrons. The Bertz CT molecular complexity index is 3270. The van der Waals surface area contributed by atoms with Crippen LogP contribution in [0.3, 0.4) is 0 Å². The third-order valence-corrected chi connectivity index (χ3v) is 8.83. The SMILES string of the molecule is [2H]c1c([2H])c([2H])c2c(oc3c([2H])c(-c4cccc(-c5nc(-c6ccc(-c7ccccc7)cc6)nc(-c6cccc7c6oc6ccccc67)n5)c4)c([2H])c([2H])c32)c1[2H]. The highest BCUT2D eigenvalue weighted by molar-refractivity contribution is 6.09. The van der Waals surface area contributed by atoms with Gasteiger partial charge in [-0.1, -0.05) is 127 Å². The second-order valence-corrected chi connectivity index (χ2v) is 11.9. The Balaban J connectivity index is 1.16. The maximum absolute atomic E-state index is 9.20. The van der Waals surface area contributed by atoms with Crippen molar-refractivity contribution in [3.8, 4) is 56.4 Å². The molecule has 0 saturated carbocycles. The van der Waals surface area contributed by atoms with E-state index in [0.29, 0.717) is 39.7 Å². The standard InChI is InChI=1S/C45H27N3O2/c1-2-10-28(11-3-1)29-20-22-30(23-21-29)43-46-44(48-45(47-43)38-17-9-16-37-35-15-5-7-19-40(35)50-42(37)38)33-13-8-12-31(26-33)32-24-25-36-34-14-4-6-18-39(34)49-41(36)27-32/h1-27H/i4D,6D,14D,18D,24D,25D,27D. The van der Waals surface area contributed by atoms with E-state index in [1.54, 1.807) is 18.2 Å². The second kappa shape index (κ2) is 11.4. The summed E-state index contributed by atoms with van der Waals surface area (Å²) in [6.07, 6.45) is 0.